The van der Waals surface area contributed by atoms with Crippen LogP contribution in [0.3, 0.4) is 0 Å². The van der Waals surface area contributed by atoms with Crippen LogP contribution in [0.15, 0.2) is 35.3 Å². The zero-order valence-electron chi connectivity index (χ0n) is 14.7. The summed E-state index contributed by atoms with van der Waals surface area (Å²) < 4.78 is 5.64. The van der Waals surface area contributed by atoms with Crippen molar-refractivity contribution in [1.29, 1.82) is 0 Å². The van der Waals surface area contributed by atoms with Crippen LogP contribution in [0.1, 0.15) is 37.7 Å². The van der Waals surface area contributed by atoms with E-state index in [-0.39, 0.29) is 12.5 Å². The number of aliphatic imine (C=N–C) groups is 1. The minimum atomic E-state index is 0.0310. The van der Waals surface area contributed by atoms with E-state index < -0.39 is 0 Å². The largest absolute Gasteiger partial charge is 0.396 e. The quantitative estimate of drug-likeness (QED) is 0.330. The highest BCUT2D eigenvalue weighted by Gasteiger charge is 2.20. The van der Waals surface area contributed by atoms with Gasteiger partial charge in [-0.25, -0.2) is 0 Å². The van der Waals surface area contributed by atoms with E-state index in [1.54, 1.807) is 0 Å². The third-order valence-corrected chi connectivity index (χ3v) is 4.11. The summed E-state index contributed by atoms with van der Waals surface area (Å²) in [5.74, 6) is 1.66. The summed E-state index contributed by atoms with van der Waals surface area (Å²) in [5, 5.41) is 16.2. The molecule has 0 amide bonds. The van der Waals surface area contributed by atoms with E-state index in [4.69, 9.17) is 4.74 Å². The second-order valence-corrected chi connectivity index (χ2v) is 6.31. The van der Waals surface area contributed by atoms with Gasteiger partial charge in [-0.15, -0.1) is 0 Å². The van der Waals surface area contributed by atoms with Crippen LogP contribution in [0.5, 0.6) is 0 Å². The highest BCUT2D eigenvalue weighted by Crippen LogP contribution is 2.28. The van der Waals surface area contributed by atoms with Crippen molar-refractivity contribution in [1.82, 2.24) is 10.6 Å². The molecule has 0 radical (unpaired) electrons. The van der Waals surface area contributed by atoms with Gasteiger partial charge >= 0.3 is 0 Å². The first-order chi connectivity index (χ1) is 11.8. The zero-order chi connectivity index (χ0) is 17.0. The first kappa shape index (κ1) is 18.7. The number of nitrogens with one attached hydrogen (secondary N) is 2. The number of hydrogen-bond donors (Lipinski definition) is 3. The van der Waals surface area contributed by atoms with Crippen LogP contribution in [0, 0.1) is 5.92 Å². The summed E-state index contributed by atoms with van der Waals surface area (Å²) in [6, 6.07) is 10.0. The van der Waals surface area contributed by atoms with Crippen LogP contribution in [0.4, 0.5) is 0 Å². The maximum Gasteiger partial charge on any atom is 0.191 e. The minimum absolute atomic E-state index is 0.0310. The van der Waals surface area contributed by atoms with Crippen molar-refractivity contribution in [2.24, 2.45) is 10.9 Å². The summed E-state index contributed by atoms with van der Waals surface area (Å²) >= 11 is 0. The van der Waals surface area contributed by atoms with Crippen LogP contribution in [-0.2, 0) is 4.74 Å². The van der Waals surface area contributed by atoms with Crippen molar-refractivity contribution < 1.29 is 9.84 Å². The maximum absolute atomic E-state index is 9.62. The van der Waals surface area contributed by atoms with Crippen molar-refractivity contribution in [2.45, 2.75) is 32.1 Å². The molecular formula is C19H31N3O2. The van der Waals surface area contributed by atoms with Gasteiger partial charge < -0.3 is 20.5 Å². The molecule has 1 unspecified atom stereocenters. The molecule has 5 heteroatoms. The SMILES string of the molecule is CCNC(=NCC(CO)c1ccccc1)NCCCOCC1CC1. The Hall–Kier alpha value is -1.59. The molecule has 0 aliphatic heterocycles. The van der Waals surface area contributed by atoms with E-state index in [0.29, 0.717) is 6.54 Å². The fourth-order valence-electron chi connectivity index (χ4n) is 2.45. The number of aliphatic hydroxyl groups excluding tert-OH is 1. The van der Waals surface area contributed by atoms with Crippen molar-refractivity contribution in [3.63, 3.8) is 0 Å². The third-order valence-electron chi connectivity index (χ3n) is 4.11. The molecule has 24 heavy (non-hydrogen) atoms. The second-order valence-electron chi connectivity index (χ2n) is 6.31. The normalized spacial score (nSPS) is 16.0. The van der Waals surface area contributed by atoms with E-state index in [2.05, 4.69) is 22.5 Å². The van der Waals surface area contributed by atoms with Crippen molar-refractivity contribution in [3.8, 4) is 0 Å². The number of benzene rings is 1. The highest BCUT2D eigenvalue weighted by atomic mass is 16.5. The van der Waals surface area contributed by atoms with E-state index >= 15 is 0 Å². The van der Waals surface area contributed by atoms with Gasteiger partial charge in [0, 0.05) is 32.2 Å². The molecule has 3 N–H and O–H groups in total. The van der Waals surface area contributed by atoms with Gasteiger partial charge in [0.15, 0.2) is 5.96 Å². The lowest BCUT2D eigenvalue weighted by atomic mass is 10.0. The van der Waals surface area contributed by atoms with Gasteiger partial charge in [0.1, 0.15) is 0 Å². The average Bonchev–Trinajstić information content (AvgIpc) is 3.43. The molecule has 0 heterocycles. The molecule has 0 saturated heterocycles. The molecule has 0 bridgehead atoms. The molecule has 0 spiro atoms. The van der Waals surface area contributed by atoms with Crippen LogP contribution in [0.2, 0.25) is 0 Å². The summed E-state index contributed by atoms with van der Waals surface area (Å²) in [4.78, 5) is 4.61. The second kappa shape index (κ2) is 11.0. The Balaban J connectivity index is 1.71. The molecule has 2 rings (SSSR count). The molecule has 1 saturated carbocycles. The van der Waals surface area contributed by atoms with Crippen LogP contribution in [0.25, 0.3) is 0 Å². The number of rotatable bonds is 11. The van der Waals surface area contributed by atoms with Crippen molar-refractivity contribution >= 4 is 5.96 Å². The monoisotopic (exact) mass is 333 g/mol. The summed E-state index contributed by atoms with van der Waals surface area (Å²) in [6.07, 6.45) is 3.64. The summed E-state index contributed by atoms with van der Waals surface area (Å²) in [5.41, 5.74) is 1.12. The van der Waals surface area contributed by atoms with Crippen LogP contribution >= 0.6 is 0 Å². The minimum Gasteiger partial charge on any atom is -0.396 e. The molecule has 1 aliphatic carbocycles. The van der Waals surface area contributed by atoms with E-state index in [0.717, 1.165) is 50.2 Å². The van der Waals surface area contributed by atoms with Gasteiger partial charge in [-0.1, -0.05) is 30.3 Å². The number of ether oxygens (including phenoxy) is 1. The molecule has 1 fully saturated rings. The number of hydrogen-bond acceptors (Lipinski definition) is 3. The fourth-order valence-corrected chi connectivity index (χ4v) is 2.45. The van der Waals surface area contributed by atoms with Gasteiger partial charge in [-0.05, 0) is 37.7 Å². The third kappa shape index (κ3) is 7.32. The molecule has 5 nitrogen and oxygen atoms in total. The highest BCUT2D eigenvalue weighted by molar-refractivity contribution is 5.79. The predicted octanol–water partition coefficient (Wildman–Crippen LogP) is 2.13. The van der Waals surface area contributed by atoms with Crippen molar-refractivity contribution in [3.05, 3.63) is 35.9 Å². The van der Waals surface area contributed by atoms with Gasteiger partial charge in [-0.3, -0.25) is 4.99 Å². The van der Waals surface area contributed by atoms with Gasteiger partial charge in [0.25, 0.3) is 0 Å². The number of guanidine groups is 1. The Morgan fingerprint density at radius 1 is 1.29 bits per heavy atom. The molecule has 134 valence electrons. The zero-order valence-corrected chi connectivity index (χ0v) is 14.7. The Bertz CT molecular complexity index is 475. The predicted molar refractivity (Wildman–Crippen MR) is 98.4 cm³/mol. The molecule has 1 atom stereocenters. The van der Waals surface area contributed by atoms with E-state index in [9.17, 15) is 5.11 Å². The molecule has 1 aromatic rings. The maximum atomic E-state index is 9.62. The van der Waals surface area contributed by atoms with E-state index in [1.165, 1.54) is 12.8 Å². The first-order valence-corrected chi connectivity index (χ1v) is 9.09. The summed E-state index contributed by atoms with van der Waals surface area (Å²) in [6.45, 7) is 6.09. The Morgan fingerprint density at radius 2 is 2.08 bits per heavy atom. The molecule has 1 aliphatic rings. The fraction of sp³-hybridized carbons (Fsp3) is 0.632. The summed E-state index contributed by atoms with van der Waals surface area (Å²) in [7, 11) is 0. The standard InChI is InChI=1S/C19H31N3O2/c1-2-20-19(21-11-6-12-24-15-16-9-10-16)22-13-18(14-23)17-7-4-3-5-8-17/h3-5,7-8,16,18,23H,2,6,9-15H2,1H3,(H2,20,21,22). The topological polar surface area (TPSA) is 65.9 Å². The lowest BCUT2D eigenvalue weighted by molar-refractivity contribution is 0.123. The first-order valence-electron chi connectivity index (χ1n) is 9.09. The van der Waals surface area contributed by atoms with Gasteiger partial charge in [0.05, 0.1) is 13.2 Å². The molecule has 0 aromatic heterocycles. The lowest BCUT2D eigenvalue weighted by Crippen LogP contribution is -2.38. The Morgan fingerprint density at radius 3 is 2.75 bits per heavy atom. The average molecular weight is 333 g/mol. The van der Waals surface area contributed by atoms with Gasteiger partial charge in [0.2, 0.25) is 0 Å². The number of nitrogens with zero attached hydrogens (tertiary/aromatic N) is 1. The van der Waals surface area contributed by atoms with Crippen LogP contribution in [-0.4, -0.2) is 50.5 Å². The Kier molecular flexibility index (Phi) is 8.63. The van der Waals surface area contributed by atoms with E-state index in [1.807, 2.05) is 30.3 Å². The molecule has 1 aromatic carbocycles. The lowest BCUT2D eigenvalue weighted by Gasteiger charge is -2.15. The van der Waals surface area contributed by atoms with Gasteiger partial charge in [-0.2, -0.15) is 0 Å². The number of aliphatic hydroxyl groups is 1. The van der Waals surface area contributed by atoms with Crippen LogP contribution < -0.4 is 10.6 Å². The molecular weight excluding hydrogens is 302 g/mol. The van der Waals surface area contributed by atoms with Crippen molar-refractivity contribution in [2.75, 3.05) is 39.5 Å². The Labute approximate surface area is 145 Å². The smallest absolute Gasteiger partial charge is 0.191 e.